The first-order chi connectivity index (χ1) is 9.39. The molecule has 1 amide bonds. The van der Waals surface area contributed by atoms with E-state index in [2.05, 4.69) is 58.7 Å². The summed E-state index contributed by atoms with van der Waals surface area (Å²) >= 11 is 0. The van der Waals surface area contributed by atoms with Gasteiger partial charge in [0.25, 0.3) is 0 Å². The van der Waals surface area contributed by atoms with Crippen LogP contribution in [0.4, 0.5) is 0 Å². The van der Waals surface area contributed by atoms with Crippen LogP contribution in [0.15, 0.2) is 0 Å². The van der Waals surface area contributed by atoms with E-state index in [0.29, 0.717) is 6.42 Å². The molecule has 0 aromatic carbocycles. The Hall–Kier alpha value is -0.570. The number of amides is 1. The number of hydrogen-bond acceptors (Lipinski definition) is 2. The van der Waals surface area contributed by atoms with Crippen LogP contribution >= 0.6 is 0 Å². The van der Waals surface area contributed by atoms with Crippen molar-refractivity contribution in [3.05, 3.63) is 0 Å². The van der Waals surface area contributed by atoms with E-state index in [4.69, 9.17) is 0 Å². The Labute approximate surface area is 132 Å². The van der Waals surface area contributed by atoms with Crippen molar-refractivity contribution < 1.29 is 4.79 Å². The molecular weight excluding hydrogens is 260 g/mol. The molecule has 0 fully saturated rings. The number of nitrogens with zero attached hydrogens (tertiary/aromatic N) is 1. The Kier molecular flexibility index (Phi) is 7.41. The lowest BCUT2D eigenvalue weighted by atomic mass is 9.70. The molecule has 126 valence electrons. The van der Waals surface area contributed by atoms with E-state index in [0.717, 1.165) is 25.9 Å². The van der Waals surface area contributed by atoms with E-state index in [1.54, 1.807) is 0 Å². The number of carbonyl (C=O) groups is 1. The minimum absolute atomic E-state index is 0.0682. The van der Waals surface area contributed by atoms with Crippen LogP contribution in [0.1, 0.15) is 74.7 Å². The third-order valence-electron chi connectivity index (χ3n) is 5.02. The van der Waals surface area contributed by atoms with Gasteiger partial charge in [-0.05, 0) is 51.1 Å². The average molecular weight is 299 g/mol. The van der Waals surface area contributed by atoms with E-state index in [1.807, 2.05) is 14.0 Å². The van der Waals surface area contributed by atoms with Gasteiger partial charge in [-0.2, -0.15) is 0 Å². The van der Waals surface area contributed by atoms with Crippen LogP contribution in [-0.2, 0) is 4.79 Å². The Morgan fingerprint density at radius 2 is 1.52 bits per heavy atom. The molecule has 21 heavy (non-hydrogen) atoms. The lowest BCUT2D eigenvalue weighted by molar-refractivity contribution is -0.142. The van der Waals surface area contributed by atoms with Gasteiger partial charge in [0, 0.05) is 18.5 Å². The fraction of sp³-hybridized carbons (Fsp3) is 0.944. The quantitative estimate of drug-likeness (QED) is 0.732. The summed E-state index contributed by atoms with van der Waals surface area (Å²) in [7, 11) is 1.98. The summed E-state index contributed by atoms with van der Waals surface area (Å²) in [6.07, 6.45) is 2.67. The second-order valence-electron chi connectivity index (χ2n) is 8.51. The zero-order valence-corrected chi connectivity index (χ0v) is 15.9. The molecule has 0 aliphatic rings. The fourth-order valence-electron chi connectivity index (χ4n) is 2.46. The molecule has 0 unspecified atom stereocenters. The van der Waals surface area contributed by atoms with Crippen molar-refractivity contribution in [2.75, 3.05) is 20.1 Å². The van der Waals surface area contributed by atoms with Crippen LogP contribution in [0, 0.1) is 10.8 Å². The monoisotopic (exact) mass is 298 g/mol. The van der Waals surface area contributed by atoms with Crippen molar-refractivity contribution in [1.82, 2.24) is 10.2 Å². The largest absolute Gasteiger partial charge is 0.337 e. The summed E-state index contributed by atoms with van der Waals surface area (Å²) in [6, 6.07) is 0. The second-order valence-corrected chi connectivity index (χ2v) is 8.51. The van der Waals surface area contributed by atoms with E-state index in [-0.39, 0.29) is 22.3 Å². The maximum Gasteiger partial charge on any atom is 0.222 e. The molecule has 0 aromatic heterocycles. The molecule has 1 N–H and O–H groups in total. The minimum atomic E-state index is -0.151. The fourth-order valence-corrected chi connectivity index (χ4v) is 2.46. The Morgan fingerprint density at radius 3 is 1.90 bits per heavy atom. The van der Waals surface area contributed by atoms with Crippen molar-refractivity contribution in [3.63, 3.8) is 0 Å². The van der Waals surface area contributed by atoms with Crippen molar-refractivity contribution in [2.45, 2.75) is 80.2 Å². The number of nitrogens with one attached hydrogen (secondary N) is 1. The lowest BCUT2D eigenvalue weighted by Crippen LogP contribution is -2.57. The Morgan fingerprint density at radius 1 is 1.00 bits per heavy atom. The van der Waals surface area contributed by atoms with Gasteiger partial charge in [-0.1, -0.05) is 41.5 Å². The molecule has 0 rings (SSSR count). The summed E-state index contributed by atoms with van der Waals surface area (Å²) in [4.78, 5) is 14.6. The van der Waals surface area contributed by atoms with Gasteiger partial charge in [-0.25, -0.2) is 0 Å². The highest BCUT2D eigenvalue weighted by atomic mass is 16.2. The zero-order chi connectivity index (χ0) is 16.9. The summed E-state index contributed by atoms with van der Waals surface area (Å²) in [6.45, 7) is 19.5. The smallest absolute Gasteiger partial charge is 0.222 e. The predicted octanol–water partition coefficient (Wildman–Crippen LogP) is 4.08. The highest BCUT2D eigenvalue weighted by Crippen LogP contribution is 2.39. The summed E-state index contributed by atoms with van der Waals surface area (Å²) in [5.41, 5.74) is 0.165. The van der Waals surface area contributed by atoms with Gasteiger partial charge in [-0.3, -0.25) is 4.79 Å². The van der Waals surface area contributed by atoms with E-state index in [1.165, 1.54) is 0 Å². The molecule has 3 nitrogen and oxygen atoms in total. The lowest BCUT2D eigenvalue weighted by Gasteiger charge is -2.50. The van der Waals surface area contributed by atoms with Crippen LogP contribution < -0.4 is 5.32 Å². The molecule has 0 atom stereocenters. The topological polar surface area (TPSA) is 32.3 Å². The van der Waals surface area contributed by atoms with Crippen LogP contribution in [0.25, 0.3) is 0 Å². The first-order valence-corrected chi connectivity index (χ1v) is 8.34. The molecule has 0 bridgehead atoms. The third kappa shape index (κ3) is 5.98. The maximum absolute atomic E-state index is 12.5. The van der Waals surface area contributed by atoms with Crippen molar-refractivity contribution >= 4 is 5.91 Å². The number of carbonyl (C=O) groups excluding carboxylic acids is 1. The number of hydrogen-bond donors (Lipinski definition) is 1. The van der Waals surface area contributed by atoms with E-state index < -0.39 is 0 Å². The predicted molar refractivity (Wildman–Crippen MR) is 92.5 cm³/mol. The standard InChI is InChI=1S/C18H38N2O/c1-10-15(21)20(14-12-16(2,3)4)18(7,8)17(5,6)11-13-19-9/h19H,10-14H2,1-9H3. The summed E-state index contributed by atoms with van der Waals surface area (Å²) in [5, 5.41) is 3.23. The molecule has 0 saturated carbocycles. The van der Waals surface area contributed by atoms with Crippen molar-refractivity contribution in [1.29, 1.82) is 0 Å². The number of rotatable bonds is 8. The Balaban J connectivity index is 5.23. The van der Waals surface area contributed by atoms with Gasteiger partial charge in [0.2, 0.25) is 5.91 Å². The SMILES string of the molecule is CCC(=O)N(CCC(C)(C)C)C(C)(C)C(C)(C)CCNC. The van der Waals surface area contributed by atoms with Crippen LogP contribution in [0.3, 0.4) is 0 Å². The van der Waals surface area contributed by atoms with Gasteiger partial charge in [0.1, 0.15) is 0 Å². The molecule has 0 saturated heterocycles. The van der Waals surface area contributed by atoms with Gasteiger partial charge < -0.3 is 10.2 Å². The van der Waals surface area contributed by atoms with Crippen LogP contribution in [-0.4, -0.2) is 36.5 Å². The normalized spacial score (nSPS) is 13.4. The van der Waals surface area contributed by atoms with Crippen molar-refractivity contribution in [3.8, 4) is 0 Å². The van der Waals surface area contributed by atoms with Crippen molar-refractivity contribution in [2.24, 2.45) is 10.8 Å². The van der Waals surface area contributed by atoms with E-state index in [9.17, 15) is 4.79 Å². The Bertz CT molecular complexity index is 327. The maximum atomic E-state index is 12.5. The molecule has 0 radical (unpaired) electrons. The van der Waals surface area contributed by atoms with Gasteiger partial charge in [0.05, 0.1) is 0 Å². The van der Waals surface area contributed by atoms with Gasteiger partial charge in [-0.15, -0.1) is 0 Å². The first kappa shape index (κ1) is 20.4. The summed E-state index contributed by atoms with van der Waals surface area (Å²) in [5.74, 6) is 0.266. The molecule has 3 heteroatoms. The molecule has 0 aromatic rings. The minimum Gasteiger partial charge on any atom is -0.337 e. The molecule has 0 spiro atoms. The molecule has 0 aliphatic heterocycles. The highest BCUT2D eigenvalue weighted by molar-refractivity contribution is 5.76. The first-order valence-electron chi connectivity index (χ1n) is 8.34. The summed E-state index contributed by atoms with van der Waals surface area (Å²) < 4.78 is 0. The molecular formula is C18H38N2O. The van der Waals surface area contributed by atoms with E-state index >= 15 is 0 Å². The highest BCUT2D eigenvalue weighted by Gasteiger charge is 2.43. The second kappa shape index (κ2) is 7.62. The van der Waals surface area contributed by atoms with Gasteiger partial charge >= 0.3 is 0 Å². The third-order valence-corrected chi connectivity index (χ3v) is 5.02. The van der Waals surface area contributed by atoms with Crippen LogP contribution in [0.5, 0.6) is 0 Å². The average Bonchev–Trinajstić information content (AvgIpc) is 2.34. The zero-order valence-electron chi connectivity index (χ0n) is 15.9. The molecule has 0 aliphatic carbocycles. The molecule has 0 heterocycles. The van der Waals surface area contributed by atoms with Crippen LogP contribution in [0.2, 0.25) is 0 Å². The van der Waals surface area contributed by atoms with Gasteiger partial charge in [0.15, 0.2) is 0 Å².